The van der Waals surface area contributed by atoms with Crippen LogP contribution in [0, 0.1) is 0 Å². The average Bonchev–Trinajstić information content (AvgIpc) is 2.34. The summed E-state index contributed by atoms with van der Waals surface area (Å²) in [5.74, 6) is 0.303. The van der Waals surface area contributed by atoms with E-state index < -0.39 is 0 Å². The molecular formula is C13H25N3O. The van der Waals surface area contributed by atoms with Crippen LogP contribution in [0.4, 0.5) is 0 Å². The standard InChI is InChI=1S/C13H25N3O/c1-14-12-7-5-9-16(13(12)17)10-11-6-3-4-8-15(11)2/h11-12,14H,3-10H2,1-2H3. The molecule has 4 nitrogen and oxygen atoms in total. The molecule has 2 aliphatic heterocycles. The Morgan fingerprint density at radius 3 is 2.76 bits per heavy atom. The van der Waals surface area contributed by atoms with Crippen molar-refractivity contribution in [2.45, 2.75) is 44.2 Å². The van der Waals surface area contributed by atoms with Gasteiger partial charge in [-0.05, 0) is 46.3 Å². The Labute approximate surface area is 104 Å². The molecule has 0 aliphatic carbocycles. The zero-order chi connectivity index (χ0) is 12.3. The Hall–Kier alpha value is -0.610. The smallest absolute Gasteiger partial charge is 0.239 e. The van der Waals surface area contributed by atoms with Crippen LogP contribution < -0.4 is 5.32 Å². The SMILES string of the molecule is CNC1CCCN(CC2CCCCN2C)C1=O. The summed E-state index contributed by atoms with van der Waals surface area (Å²) in [7, 11) is 4.08. The van der Waals surface area contributed by atoms with Crippen molar-refractivity contribution >= 4 is 5.91 Å². The molecule has 17 heavy (non-hydrogen) atoms. The first kappa shape index (κ1) is 12.8. The topological polar surface area (TPSA) is 35.6 Å². The molecule has 98 valence electrons. The zero-order valence-electron chi connectivity index (χ0n) is 11.1. The molecule has 2 unspecified atom stereocenters. The minimum absolute atomic E-state index is 0.0534. The molecule has 2 aliphatic rings. The van der Waals surface area contributed by atoms with Crippen LogP contribution in [0.5, 0.6) is 0 Å². The number of nitrogens with zero attached hydrogens (tertiary/aromatic N) is 2. The van der Waals surface area contributed by atoms with Crippen LogP contribution in [-0.4, -0.2) is 61.5 Å². The number of nitrogens with one attached hydrogen (secondary N) is 1. The molecule has 0 radical (unpaired) electrons. The summed E-state index contributed by atoms with van der Waals surface area (Å²) in [5.41, 5.74) is 0. The van der Waals surface area contributed by atoms with Crippen molar-refractivity contribution in [3.63, 3.8) is 0 Å². The Morgan fingerprint density at radius 2 is 2.06 bits per heavy atom. The third-order valence-electron chi connectivity index (χ3n) is 4.23. The Kier molecular flexibility index (Phi) is 4.40. The van der Waals surface area contributed by atoms with Gasteiger partial charge in [0.15, 0.2) is 0 Å². The van der Waals surface area contributed by atoms with Gasteiger partial charge in [0.05, 0.1) is 6.04 Å². The lowest BCUT2D eigenvalue weighted by Gasteiger charge is -2.39. The van der Waals surface area contributed by atoms with Crippen molar-refractivity contribution < 1.29 is 4.79 Å². The quantitative estimate of drug-likeness (QED) is 0.787. The summed E-state index contributed by atoms with van der Waals surface area (Å²) in [4.78, 5) is 16.7. The second kappa shape index (κ2) is 5.83. The van der Waals surface area contributed by atoms with E-state index in [2.05, 4.69) is 22.2 Å². The summed E-state index contributed by atoms with van der Waals surface area (Å²) >= 11 is 0. The molecule has 0 bridgehead atoms. The highest BCUT2D eigenvalue weighted by molar-refractivity contribution is 5.82. The van der Waals surface area contributed by atoms with Gasteiger partial charge < -0.3 is 15.1 Å². The van der Waals surface area contributed by atoms with Gasteiger partial charge in [0.2, 0.25) is 5.91 Å². The third-order valence-corrected chi connectivity index (χ3v) is 4.23. The molecule has 1 amide bonds. The van der Waals surface area contributed by atoms with Gasteiger partial charge in [-0.2, -0.15) is 0 Å². The normalized spacial score (nSPS) is 31.9. The van der Waals surface area contributed by atoms with Crippen molar-refractivity contribution in [2.24, 2.45) is 0 Å². The van der Waals surface area contributed by atoms with E-state index in [0.717, 1.165) is 25.9 Å². The van der Waals surface area contributed by atoms with Gasteiger partial charge in [-0.15, -0.1) is 0 Å². The molecule has 0 aromatic heterocycles. The van der Waals surface area contributed by atoms with Crippen LogP contribution in [0.2, 0.25) is 0 Å². The third kappa shape index (κ3) is 2.99. The molecule has 0 aromatic rings. The van der Waals surface area contributed by atoms with E-state index in [0.29, 0.717) is 11.9 Å². The fraction of sp³-hybridized carbons (Fsp3) is 0.923. The summed E-state index contributed by atoms with van der Waals surface area (Å²) in [6.07, 6.45) is 5.98. The molecule has 2 saturated heterocycles. The van der Waals surface area contributed by atoms with Crippen molar-refractivity contribution in [1.82, 2.24) is 15.1 Å². The Bertz CT molecular complexity index is 269. The lowest BCUT2D eigenvalue weighted by Crippen LogP contribution is -2.54. The van der Waals surface area contributed by atoms with E-state index in [1.165, 1.54) is 25.8 Å². The van der Waals surface area contributed by atoms with Crippen molar-refractivity contribution in [2.75, 3.05) is 33.7 Å². The molecule has 2 atom stereocenters. The Morgan fingerprint density at radius 1 is 1.24 bits per heavy atom. The minimum atomic E-state index is 0.0534. The summed E-state index contributed by atoms with van der Waals surface area (Å²) < 4.78 is 0. The largest absolute Gasteiger partial charge is 0.340 e. The fourth-order valence-corrected chi connectivity index (χ4v) is 3.02. The van der Waals surface area contributed by atoms with Crippen LogP contribution in [0.1, 0.15) is 32.1 Å². The molecule has 0 spiro atoms. The van der Waals surface area contributed by atoms with Crippen LogP contribution in [0.25, 0.3) is 0 Å². The molecular weight excluding hydrogens is 214 g/mol. The van der Waals surface area contributed by atoms with Crippen LogP contribution in [0.15, 0.2) is 0 Å². The average molecular weight is 239 g/mol. The first-order valence-corrected chi connectivity index (χ1v) is 6.88. The second-order valence-electron chi connectivity index (χ2n) is 5.40. The molecule has 0 saturated carbocycles. The van der Waals surface area contributed by atoms with Gasteiger partial charge in [0.25, 0.3) is 0 Å². The zero-order valence-corrected chi connectivity index (χ0v) is 11.1. The lowest BCUT2D eigenvalue weighted by molar-refractivity contribution is -0.136. The summed E-state index contributed by atoms with van der Waals surface area (Å²) in [5, 5.41) is 3.13. The van der Waals surface area contributed by atoms with Gasteiger partial charge in [-0.3, -0.25) is 4.79 Å². The van der Waals surface area contributed by atoms with E-state index in [4.69, 9.17) is 0 Å². The predicted molar refractivity (Wildman–Crippen MR) is 68.9 cm³/mol. The summed E-state index contributed by atoms with van der Waals surface area (Å²) in [6.45, 7) is 3.05. The first-order chi connectivity index (χ1) is 8.22. The van der Waals surface area contributed by atoms with E-state index in [9.17, 15) is 4.79 Å². The molecule has 1 N–H and O–H groups in total. The van der Waals surface area contributed by atoms with Gasteiger partial charge in [0.1, 0.15) is 0 Å². The lowest BCUT2D eigenvalue weighted by atomic mass is 9.99. The molecule has 0 aromatic carbocycles. The van der Waals surface area contributed by atoms with Gasteiger partial charge in [-0.25, -0.2) is 0 Å². The van der Waals surface area contributed by atoms with Gasteiger partial charge in [0, 0.05) is 19.1 Å². The maximum Gasteiger partial charge on any atom is 0.239 e. The van der Waals surface area contributed by atoms with Gasteiger partial charge >= 0.3 is 0 Å². The van der Waals surface area contributed by atoms with Crippen molar-refractivity contribution in [1.29, 1.82) is 0 Å². The van der Waals surface area contributed by atoms with Gasteiger partial charge in [-0.1, -0.05) is 6.42 Å². The van der Waals surface area contributed by atoms with E-state index >= 15 is 0 Å². The number of rotatable bonds is 3. The monoisotopic (exact) mass is 239 g/mol. The highest BCUT2D eigenvalue weighted by Gasteiger charge is 2.30. The van der Waals surface area contributed by atoms with E-state index in [1.807, 2.05) is 7.05 Å². The predicted octanol–water partition coefficient (Wildman–Crippen LogP) is 0.681. The van der Waals surface area contributed by atoms with E-state index in [-0.39, 0.29) is 6.04 Å². The Balaban J connectivity index is 1.90. The number of likely N-dealkylation sites (tertiary alicyclic amines) is 2. The van der Waals surface area contributed by atoms with E-state index in [1.54, 1.807) is 0 Å². The highest BCUT2D eigenvalue weighted by atomic mass is 16.2. The number of hydrogen-bond donors (Lipinski definition) is 1. The van der Waals surface area contributed by atoms with Crippen molar-refractivity contribution in [3.8, 4) is 0 Å². The fourth-order valence-electron chi connectivity index (χ4n) is 3.02. The molecule has 2 fully saturated rings. The number of carbonyl (C=O) groups is 1. The number of amides is 1. The number of carbonyl (C=O) groups excluding carboxylic acids is 1. The van der Waals surface area contributed by atoms with Crippen LogP contribution in [0.3, 0.4) is 0 Å². The molecule has 2 rings (SSSR count). The van der Waals surface area contributed by atoms with Crippen molar-refractivity contribution in [3.05, 3.63) is 0 Å². The maximum atomic E-state index is 12.2. The summed E-state index contributed by atoms with van der Waals surface area (Å²) in [6, 6.07) is 0.626. The molecule has 4 heteroatoms. The molecule has 2 heterocycles. The van der Waals surface area contributed by atoms with Crippen LogP contribution >= 0.6 is 0 Å². The first-order valence-electron chi connectivity index (χ1n) is 6.88. The number of piperidine rings is 2. The second-order valence-corrected chi connectivity index (χ2v) is 5.40. The van der Waals surface area contributed by atoms with Crippen LogP contribution in [-0.2, 0) is 4.79 Å². The maximum absolute atomic E-state index is 12.2. The minimum Gasteiger partial charge on any atom is -0.340 e. The highest BCUT2D eigenvalue weighted by Crippen LogP contribution is 2.19. The number of hydrogen-bond acceptors (Lipinski definition) is 3. The number of likely N-dealkylation sites (N-methyl/N-ethyl adjacent to an activating group) is 2.